The van der Waals surface area contributed by atoms with E-state index in [1.165, 1.54) is 30.3 Å². The van der Waals surface area contributed by atoms with Crippen molar-refractivity contribution in [2.24, 2.45) is 5.92 Å². The van der Waals surface area contributed by atoms with Crippen LogP contribution in [0.25, 0.3) is 0 Å². The number of rotatable bonds is 5. The van der Waals surface area contributed by atoms with Crippen LogP contribution in [0.4, 0.5) is 13.2 Å². The molecule has 0 heterocycles. The molecule has 0 aliphatic heterocycles. The fraction of sp³-hybridized carbons (Fsp3) is 0.375. The lowest BCUT2D eigenvalue weighted by molar-refractivity contribution is -0.213. The number of aryl methyl sites for hydroxylation is 1. The van der Waals surface area contributed by atoms with Gasteiger partial charge in [0.25, 0.3) is 11.4 Å². The highest BCUT2D eigenvalue weighted by Gasteiger charge is 2.68. The number of ether oxygens (including phenoxy) is 1. The average molecular weight is 355 g/mol. The molecule has 0 radical (unpaired) electrons. The van der Waals surface area contributed by atoms with Crippen molar-refractivity contribution in [3.63, 3.8) is 0 Å². The average Bonchev–Trinajstić information content (AvgIpc) is 2.52. The highest BCUT2D eigenvalue weighted by atomic mass is 19.4. The number of carbonyl (C=O) groups is 2. The largest absolute Gasteiger partial charge is 0.467 e. The lowest BCUT2D eigenvalue weighted by Crippen LogP contribution is -2.69. The Morgan fingerprint density at radius 2 is 1.80 bits per heavy atom. The number of methoxy groups -OCH3 is 1. The molecule has 0 bridgehead atoms. The number of hydrogen-bond acceptors (Lipinski definition) is 5. The second-order valence-electron chi connectivity index (χ2n) is 5.36. The minimum atomic E-state index is -5.37. The SMILES string of the molecule is COC(=O)[C@@](NC(=O)c1ccc(C)cc1)([C@H](C#N)C(C)=N)C(F)(F)F. The first-order chi connectivity index (χ1) is 11.5. The summed E-state index contributed by atoms with van der Waals surface area (Å²) in [6.07, 6.45) is -5.37. The van der Waals surface area contributed by atoms with Crippen molar-refractivity contribution >= 4 is 17.6 Å². The van der Waals surface area contributed by atoms with Crippen LogP contribution in [0, 0.1) is 29.6 Å². The van der Waals surface area contributed by atoms with Crippen LogP contribution in [0.1, 0.15) is 22.8 Å². The summed E-state index contributed by atoms with van der Waals surface area (Å²) in [5, 5.41) is 18.1. The Kier molecular flexibility index (Phi) is 5.92. The van der Waals surface area contributed by atoms with E-state index in [1.54, 1.807) is 12.2 Å². The maximum Gasteiger partial charge on any atom is 0.424 e. The first-order valence-electron chi connectivity index (χ1n) is 7.00. The second-order valence-corrected chi connectivity index (χ2v) is 5.36. The van der Waals surface area contributed by atoms with Crippen LogP contribution in [0.15, 0.2) is 24.3 Å². The van der Waals surface area contributed by atoms with Gasteiger partial charge in [-0.15, -0.1) is 0 Å². The normalized spacial score (nSPS) is 14.6. The number of hydrogen-bond donors (Lipinski definition) is 2. The summed E-state index contributed by atoms with van der Waals surface area (Å²) in [5.74, 6) is -5.38. The number of amides is 1. The molecule has 1 aromatic carbocycles. The zero-order valence-electron chi connectivity index (χ0n) is 13.7. The fourth-order valence-electron chi connectivity index (χ4n) is 2.23. The number of alkyl halides is 3. The van der Waals surface area contributed by atoms with Gasteiger partial charge in [-0.2, -0.15) is 18.4 Å². The van der Waals surface area contributed by atoms with Crippen LogP contribution in [-0.4, -0.2) is 36.4 Å². The molecule has 9 heteroatoms. The summed E-state index contributed by atoms with van der Waals surface area (Å²) in [5.41, 5.74) is -3.79. The summed E-state index contributed by atoms with van der Waals surface area (Å²) < 4.78 is 45.6. The molecule has 2 N–H and O–H groups in total. The molecule has 1 rings (SSSR count). The quantitative estimate of drug-likeness (QED) is 0.625. The van der Waals surface area contributed by atoms with Gasteiger partial charge in [-0.25, -0.2) is 4.79 Å². The molecular weight excluding hydrogens is 339 g/mol. The summed E-state index contributed by atoms with van der Waals surface area (Å²) in [7, 11) is 0.703. The van der Waals surface area contributed by atoms with E-state index in [-0.39, 0.29) is 5.56 Å². The predicted molar refractivity (Wildman–Crippen MR) is 82.0 cm³/mol. The standard InChI is InChI=1S/C16H16F3N3O3/c1-9-4-6-11(7-5-9)13(23)22-15(14(24)25-3,16(17,18)19)12(8-20)10(2)21/h4-7,12,21H,1-3H3,(H,22,23)/t12-,15+/m1/s1. The molecule has 6 nitrogen and oxygen atoms in total. The Bertz CT molecular complexity index is 723. The minimum absolute atomic E-state index is 0.137. The number of esters is 1. The van der Waals surface area contributed by atoms with Crippen LogP contribution in [0.2, 0.25) is 0 Å². The van der Waals surface area contributed by atoms with E-state index < -0.39 is 35.2 Å². The van der Waals surface area contributed by atoms with Crippen LogP contribution in [0.3, 0.4) is 0 Å². The van der Waals surface area contributed by atoms with Gasteiger partial charge in [-0.3, -0.25) is 4.79 Å². The van der Waals surface area contributed by atoms with Gasteiger partial charge in [0, 0.05) is 11.3 Å². The van der Waals surface area contributed by atoms with E-state index in [0.29, 0.717) is 7.11 Å². The monoisotopic (exact) mass is 355 g/mol. The number of benzene rings is 1. The molecule has 1 aromatic rings. The summed E-state index contributed by atoms with van der Waals surface area (Å²) >= 11 is 0. The van der Waals surface area contributed by atoms with Gasteiger partial charge in [0.15, 0.2) is 0 Å². The Labute approximate surface area is 142 Å². The van der Waals surface area contributed by atoms with E-state index in [2.05, 4.69) is 4.74 Å². The van der Waals surface area contributed by atoms with Gasteiger partial charge in [0.2, 0.25) is 0 Å². The number of carbonyl (C=O) groups excluding carboxylic acids is 2. The highest BCUT2D eigenvalue weighted by molar-refractivity contribution is 6.02. The lowest BCUT2D eigenvalue weighted by atomic mass is 9.80. The van der Waals surface area contributed by atoms with Gasteiger partial charge in [0.1, 0.15) is 5.92 Å². The smallest absolute Gasteiger partial charge is 0.424 e. The topological polar surface area (TPSA) is 103 Å². The van der Waals surface area contributed by atoms with E-state index in [4.69, 9.17) is 10.7 Å². The first kappa shape index (κ1) is 20.2. The van der Waals surface area contributed by atoms with Crippen molar-refractivity contribution in [2.45, 2.75) is 25.6 Å². The minimum Gasteiger partial charge on any atom is -0.467 e. The summed E-state index contributed by atoms with van der Waals surface area (Å²) in [6.45, 7) is 2.66. The van der Waals surface area contributed by atoms with Gasteiger partial charge in [0.05, 0.1) is 13.2 Å². The molecule has 0 aromatic heterocycles. The zero-order chi connectivity index (χ0) is 19.4. The molecule has 1 amide bonds. The van der Waals surface area contributed by atoms with Crippen molar-refractivity contribution in [1.82, 2.24) is 5.32 Å². The van der Waals surface area contributed by atoms with Gasteiger partial charge < -0.3 is 15.5 Å². The molecular formula is C16H16F3N3O3. The van der Waals surface area contributed by atoms with E-state index in [1.807, 2.05) is 0 Å². The second kappa shape index (κ2) is 7.34. The van der Waals surface area contributed by atoms with Gasteiger partial charge in [-0.05, 0) is 26.0 Å². The molecule has 25 heavy (non-hydrogen) atoms. The number of nitrogens with one attached hydrogen (secondary N) is 2. The maximum absolute atomic E-state index is 13.8. The molecule has 0 saturated heterocycles. The van der Waals surface area contributed by atoms with Crippen molar-refractivity contribution in [3.8, 4) is 6.07 Å². The summed E-state index contributed by atoms with van der Waals surface area (Å²) in [6, 6.07) is 6.84. The molecule has 0 spiro atoms. The molecule has 0 unspecified atom stereocenters. The molecule has 0 fully saturated rings. The third kappa shape index (κ3) is 3.79. The molecule has 134 valence electrons. The van der Waals surface area contributed by atoms with E-state index in [0.717, 1.165) is 12.5 Å². The van der Waals surface area contributed by atoms with Gasteiger partial charge >= 0.3 is 12.1 Å². The first-order valence-corrected chi connectivity index (χ1v) is 7.00. The Hall–Kier alpha value is -2.89. The Morgan fingerprint density at radius 3 is 2.16 bits per heavy atom. The zero-order valence-corrected chi connectivity index (χ0v) is 13.7. The van der Waals surface area contributed by atoms with Crippen molar-refractivity contribution in [1.29, 1.82) is 10.7 Å². The summed E-state index contributed by atoms with van der Waals surface area (Å²) in [4.78, 5) is 24.3. The highest BCUT2D eigenvalue weighted by Crippen LogP contribution is 2.38. The third-order valence-electron chi connectivity index (χ3n) is 3.57. The van der Waals surface area contributed by atoms with Crippen molar-refractivity contribution in [2.75, 3.05) is 7.11 Å². The van der Waals surface area contributed by atoms with Crippen LogP contribution >= 0.6 is 0 Å². The predicted octanol–water partition coefficient (Wildman–Crippen LogP) is 2.38. The fourth-order valence-corrected chi connectivity index (χ4v) is 2.23. The third-order valence-corrected chi connectivity index (χ3v) is 3.57. The Balaban J connectivity index is 3.52. The number of nitrogens with zero attached hydrogens (tertiary/aromatic N) is 1. The maximum atomic E-state index is 13.8. The van der Waals surface area contributed by atoms with Crippen LogP contribution in [0.5, 0.6) is 0 Å². The van der Waals surface area contributed by atoms with Crippen LogP contribution in [-0.2, 0) is 9.53 Å². The Morgan fingerprint density at radius 1 is 1.28 bits per heavy atom. The molecule has 0 aliphatic carbocycles. The molecule has 0 saturated carbocycles. The number of nitriles is 1. The number of halogens is 3. The van der Waals surface area contributed by atoms with Gasteiger partial charge in [-0.1, -0.05) is 17.7 Å². The van der Waals surface area contributed by atoms with E-state index >= 15 is 0 Å². The lowest BCUT2D eigenvalue weighted by Gasteiger charge is -2.36. The van der Waals surface area contributed by atoms with E-state index in [9.17, 15) is 22.8 Å². The van der Waals surface area contributed by atoms with Crippen molar-refractivity contribution in [3.05, 3.63) is 35.4 Å². The van der Waals surface area contributed by atoms with Crippen LogP contribution < -0.4 is 5.32 Å². The van der Waals surface area contributed by atoms with Crippen molar-refractivity contribution < 1.29 is 27.5 Å². The molecule has 0 aliphatic rings. The molecule has 2 atom stereocenters.